The van der Waals surface area contributed by atoms with Crippen LogP contribution in [-0.4, -0.2) is 64.1 Å². The van der Waals surface area contributed by atoms with Gasteiger partial charge in [-0.1, -0.05) is 23.7 Å². The van der Waals surface area contributed by atoms with E-state index in [1.807, 2.05) is 4.72 Å². The molecule has 2 aliphatic heterocycles. The maximum Gasteiger partial charge on any atom is 0.416 e. The maximum absolute atomic E-state index is 13.6. The van der Waals surface area contributed by atoms with Gasteiger partial charge in [0.2, 0.25) is 0 Å². The van der Waals surface area contributed by atoms with Gasteiger partial charge in [0, 0.05) is 23.5 Å². The van der Waals surface area contributed by atoms with Crippen LogP contribution in [0.1, 0.15) is 35.2 Å². The average Bonchev–Trinajstić information content (AvgIpc) is 3.61. The van der Waals surface area contributed by atoms with E-state index < -0.39 is 45.5 Å². The summed E-state index contributed by atoms with van der Waals surface area (Å²) in [5, 5.41) is 4.26. The van der Waals surface area contributed by atoms with Gasteiger partial charge in [-0.15, -0.1) is 0 Å². The summed E-state index contributed by atoms with van der Waals surface area (Å²) in [4.78, 5) is 38.5. The first-order chi connectivity index (χ1) is 19.7. The Balaban J connectivity index is 1.34. The van der Waals surface area contributed by atoms with Crippen molar-refractivity contribution in [2.45, 2.75) is 32.5 Å². The topological polar surface area (TPSA) is 122 Å². The molecule has 0 saturated carbocycles. The molecule has 2 fully saturated rings. The Labute approximate surface area is 247 Å². The van der Waals surface area contributed by atoms with Crippen molar-refractivity contribution >= 4 is 67.6 Å². The Bertz CT molecular complexity index is 1750. The summed E-state index contributed by atoms with van der Waals surface area (Å²) in [6.07, 6.45) is -1.80. The molecule has 1 aromatic heterocycles. The zero-order chi connectivity index (χ0) is 30.4. The molecule has 2 aromatic carbocycles. The van der Waals surface area contributed by atoms with E-state index in [0.717, 1.165) is 10.4 Å². The molecule has 3 heterocycles. The second kappa shape index (κ2) is 11.4. The molecule has 0 radical (unpaired) electrons. The van der Waals surface area contributed by atoms with Crippen LogP contribution in [0.25, 0.3) is 17.0 Å². The van der Waals surface area contributed by atoms with Crippen LogP contribution in [0.2, 0.25) is 5.02 Å². The molecule has 3 aromatic rings. The van der Waals surface area contributed by atoms with E-state index >= 15 is 0 Å². The van der Waals surface area contributed by atoms with Crippen molar-refractivity contribution in [3.63, 3.8) is 0 Å². The number of nitrogens with one attached hydrogen (secondary N) is 1. The fraction of sp³-hybridized carbons (Fsp3) is 0.308. The second-order valence-corrected chi connectivity index (χ2v) is 12.8. The van der Waals surface area contributed by atoms with Crippen LogP contribution >= 0.6 is 23.4 Å². The van der Waals surface area contributed by atoms with Crippen LogP contribution in [0.3, 0.4) is 0 Å². The fourth-order valence-electron chi connectivity index (χ4n) is 4.78. The van der Waals surface area contributed by atoms with Crippen molar-refractivity contribution in [1.82, 2.24) is 23.7 Å². The van der Waals surface area contributed by atoms with Crippen molar-refractivity contribution in [2.75, 3.05) is 19.6 Å². The summed E-state index contributed by atoms with van der Waals surface area (Å²) in [5.74, 6) is -1.77. The summed E-state index contributed by atoms with van der Waals surface area (Å²) >= 11 is 6.40. The lowest BCUT2D eigenvalue weighted by Crippen LogP contribution is -2.46. The first-order valence-electron chi connectivity index (χ1n) is 12.6. The van der Waals surface area contributed by atoms with E-state index in [2.05, 4.69) is 5.10 Å². The number of imide groups is 1. The van der Waals surface area contributed by atoms with Gasteiger partial charge < -0.3 is 0 Å². The lowest BCUT2D eigenvalue weighted by atomic mass is 10.1. The van der Waals surface area contributed by atoms with Gasteiger partial charge >= 0.3 is 16.4 Å². The number of amides is 3. The van der Waals surface area contributed by atoms with Crippen LogP contribution in [0, 0.1) is 6.92 Å². The molecule has 2 saturated heterocycles. The highest BCUT2D eigenvalue weighted by Crippen LogP contribution is 2.35. The number of hydrogen-bond acceptors (Lipinski definition) is 7. The van der Waals surface area contributed by atoms with E-state index in [1.165, 1.54) is 22.9 Å². The first kappa shape index (κ1) is 30.1. The van der Waals surface area contributed by atoms with Gasteiger partial charge in [-0.05, 0) is 73.0 Å². The number of thioether (sulfide) groups is 1. The van der Waals surface area contributed by atoms with Gasteiger partial charge in [-0.3, -0.25) is 24.0 Å². The van der Waals surface area contributed by atoms with Gasteiger partial charge in [0.25, 0.3) is 17.1 Å². The predicted molar refractivity (Wildman–Crippen MR) is 151 cm³/mol. The monoisotopic (exact) mass is 641 g/mol. The highest BCUT2D eigenvalue weighted by Gasteiger charge is 2.38. The number of rotatable bonds is 7. The van der Waals surface area contributed by atoms with Gasteiger partial charge in [0.1, 0.15) is 6.54 Å². The number of carbonyl (C=O) groups is 3. The van der Waals surface area contributed by atoms with Gasteiger partial charge in [0.15, 0.2) is 0 Å². The highest BCUT2D eigenvalue weighted by molar-refractivity contribution is 8.18. The maximum atomic E-state index is 13.6. The second-order valence-electron chi connectivity index (χ2n) is 9.72. The standard InChI is InChI=1S/C26H23ClF3N5O5S2/c1-15-19-10-16(4-7-21(19)35(31-15)13-17-5-6-18(27)12-20(17)26(28,29)30)11-22-24(37)34(25(38)41-22)14-23(36)32-42(39,40)33-8-2-3-9-33/h4-7,10-12H,2-3,8-9,13-14H2,1H3,(H,32,36)/b22-11-. The molecule has 2 aliphatic rings. The number of fused-ring (bicyclic) bond motifs is 1. The Morgan fingerprint density at radius 3 is 2.55 bits per heavy atom. The Morgan fingerprint density at radius 1 is 1.14 bits per heavy atom. The van der Waals surface area contributed by atoms with E-state index in [-0.39, 0.29) is 35.1 Å². The van der Waals surface area contributed by atoms with Crippen molar-refractivity contribution in [1.29, 1.82) is 0 Å². The Morgan fingerprint density at radius 2 is 1.86 bits per heavy atom. The number of aromatic nitrogens is 2. The third-order valence-corrected chi connectivity index (χ3v) is 9.45. The molecule has 5 rings (SSSR count). The molecular formula is C26H23ClF3N5O5S2. The first-order valence-corrected chi connectivity index (χ1v) is 15.3. The molecule has 0 aliphatic carbocycles. The number of alkyl halides is 3. The molecule has 42 heavy (non-hydrogen) atoms. The smallest absolute Gasteiger partial charge is 0.272 e. The summed E-state index contributed by atoms with van der Waals surface area (Å²) in [6, 6.07) is 8.51. The number of hydrogen-bond donors (Lipinski definition) is 1. The van der Waals surface area contributed by atoms with E-state index in [4.69, 9.17) is 11.6 Å². The van der Waals surface area contributed by atoms with Crippen LogP contribution in [0.5, 0.6) is 0 Å². The SMILES string of the molecule is Cc1nn(Cc2ccc(Cl)cc2C(F)(F)F)c2ccc(/C=C3\SC(=O)N(CC(=O)NS(=O)(=O)N4CCCC4)C3=O)cc12. The average molecular weight is 642 g/mol. The van der Waals surface area contributed by atoms with E-state index in [0.29, 0.717) is 51.7 Å². The normalized spacial score (nSPS) is 17.6. The zero-order valence-electron chi connectivity index (χ0n) is 21.9. The number of benzene rings is 2. The lowest BCUT2D eigenvalue weighted by Gasteiger charge is -2.17. The molecule has 3 amide bonds. The van der Waals surface area contributed by atoms with Crippen LogP contribution in [0.4, 0.5) is 18.0 Å². The zero-order valence-corrected chi connectivity index (χ0v) is 24.3. The summed E-state index contributed by atoms with van der Waals surface area (Å²) in [7, 11) is -4.06. The molecule has 1 N–H and O–H groups in total. The quantitative estimate of drug-likeness (QED) is 0.376. The van der Waals surface area contributed by atoms with Gasteiger partial charge in [0.05, 0.1) is 28.2 Å². The minimum Gasteiger partial charge on any atom is -0.272 e. The van der Waals surface area contributed by atoms with Crippen molar-refractivity contribution < 1.29 is 36.0 Å². The third-order valence-electron chi connectivity index (χ3n) is 6.78. The number of nitrogens with zero attached hydrogens (tertiary/aromatic N) is 4. The summed E-state index contributed by atoms with van der Waals surface area (Å²) in [5.41, 5.74) is 0.736. The van der Waals surface area contributed by atoms with E-state index in [9.17, 15) is 36.0 Å². The molecule has 0 spiro atoms. The van der Waals surface area contributed by atoms with Gasteiger partial charge in [-0.25, -0.2) is 4.72 Å². The van der Waals surface area contributed by atoms with Crippen molar-refractivity contribution in [3.8, 4) is 0 Å². The molecule has 16 heteroatoms. The van der Waals surface area contributed by atoms with Crippen molar-refractivity contribution in [2.24, 2.45) is 0 Å². The molecule has 222 valence electrons. The number of aryl methyl sites for hydroxylation is 1. The highest BCUT2D eigenvalue weighted by atomic mass is 35.5. The number of carbonyl (C=O) groups excluding carboxylic acids is 3. The third kappa shape index (κ3) is 6.19. The number of halogens is 4. The van der Waals surface area contributed by atoms with Gasteiger partial charge in [-0.2, -0.15) is 31.0 Å². The molecule has 0 atom stereocenters. The van der Waals surface area contributed by atoms with Crippen LogP contribution < -0.4 is 4.72 Å². The van der Waals surface area contributed by atoms with E-state index in [1.54, 1.807) is 25.1 Å². The fourth-order valence-corrected chi connectivity index (χ4v) is 7.01. The Kier molecular flexibility index (Phi) is 8.13. The minimum atomic E-state index is -4.60. The van der Waals surface area contributed by atoms with Crippen LogP contribution in [-0.2, 0) is 32.5 Å². The summed E-state index contributed by atoms with van der Waals surface area (Å²) in [6.45, 7) is 1.34. The largest absolute Gasteiger partial charge is 0.416 e. The lowest BCUT2D eigenvalue weighted by molar-refractivity contribution is -0.138. The molecular weight excluding hydrogens is 619 g/mol. The predicted octanol–water partition coefficient (Wildman–Crippen LogP) is 4.56. The molecule has 10 nitrogen and oxygen atoms in total. The van der Waals surface area contributed by atoms with Crippen LogP contribution in [0.15, 0.2) is 41.3 Å². The summed E-state index contributed by atoms with van der Waals surface area (Å²) < 4.78 is 69.9. The minimum absolute atomic E-state index is 0.00804. The molecule has 0 bridgehead atoms. The Hall–Kier alpha value is -3.40. The molecule has 0 unspecified atom stereocenters. The van der Waals surface area contributed by atoms with Crippen molar-refractivity contribution in [3.05, 3.63) is 68.7 Å².